The highest BCUT2D eigenvalue weighted by Gasteiger charge is 2.20. The molecule has 0 radical (unpaired) electrons. The molecule has 1 fully saturated rings. The maximum Gasteiger partial charge on any atom is 0.337 e. The predicted octanol–water partition coefficient (Wildman–Crippen LogP) is 3.95. The monoisotopic (exact) mass is 382 g/mol. The molecule has 2 N–H and O–H groups in total. The van der Waals surface area contributed by atoms with Crippen LogP contribution < -0.4 is 15.0 Å². The van der Waals surface area contributed by atoms with E-state index in [4.69, 9.17) is 4.74 Å². The van der Waals surface area contributed by atoms with Crippen LogP contribution in [0.25, 0.3) is 0 Å². The molecule has 2 aromatic rings. The van der Waals surface area contributed by atoms with E-state index >= 15 is 0 Å². The topological polar surface area (TPSA) is 78.9 Å². The minimum Gasteiger partial charge on any atom is -0.484 e. The van der Waals surface area contributed by atoms with Crippen molar-refractivity contribution in [2.45, 2.75) is 26.7 Å². The Hall–Kier alpha value is -3.02. The zero-order valence-corrected chi connectivity index (χ0v) is 16.3. The van der Waals surface area contributed by atoms with Crippen molar-refractivity contribution in [3.8, 4) is 5.75 Å². The molecule has 1 aliphatic rings. The standard InChI is InChI=1S/C22H26N2O4/c1-15-5-3-7-18(11-15)28-14-21(25)23-20-9-8-17(12-19(20)22(26)27)24-10-4-6-16(2)13-24/h3,5,7-9,11-12,16H,4,6,10,13-14H2,1-2H3,(H,23,25)(H,26,27). The first-order valence-corrected chi connectivity index (χ1v) is 9.54. The van der Waals surface area contributed by atoms with Crippen molar-refractivity contribution >= 4 is 23.3 Å². The summed E-state index contributed by atoms with van der Waals surface area (Å²) in [5.41, 5.74) is 2.27. The van der Waals surface area contributed by atoms with Crippen LogP contribution >= 0.6 is 0 Å². The summed E-state index contributed by atoms with van der Waals surface area (Å²) in [7, 11) is 0. The second-order valence-electron chi connectivity index (χ2n) is 7.38. The molecule has 0 aromatic heterocycles. The molecule has 1 atom stereocenters. The molecule has 1 unspecified atom stereocenters. The van der Waals surface area contributed by atoms with Gasteiger partial charge in [-0.1, -0.05) is 19.1 Å². The van der Waals surface area contributed by atoms with Crippen molar-refractivity contribution in [1.29, 1.82) is 0 Å². The van der Waals surface area contributed by atoms with Crippen molar-refractivity contribution in [2.75, 3.05) is 29.9 Å². The van der Waals surface area contributed by atoms with E-state index < -0.39 is 11.9 Å². The number of nitrogens with one attached hydrogen (secondary N) is 1. The van der Waals surface area contributed by atoms with Gasteiger partial charge in [0.2, 0.25) is 0 Å². The molecule has 2 aromatic carbocycles. The van der Waals surface area contributed by atoms with Gasteiger partial charge in [-0.15, -0.1) is 0 Å². The number of carbonyl (C=O) groups is 2. The maximum atomic E-state index is 12.2. The van der Waals surface area contributed by atoms with Crippen LogP contribution in [0.15, 0.2) is 42.5 Å². The third-order valence-corrected chi connectivity index (χ3v) is 4.89. The van der Waals surface area contributed by atoms with Crippen molar-refractivity contribution in [3.05, 3.63) is 53.6 Å². The molecule has 0 aliphatic carbocycles. The van der Waals surface area contributed by atoms with Crippen LogP contribution in [0.2, 0.25) is 0 Å². The third kappa shape index (κ3) is 5.03. The molecule has 0 bridgehead atoms. The lowest BCUT2D eigenvalue weighted by Gasteiger charge is -2.33. The minimum absolute atomic E-state index is 0.0830. The number of carboxylic acid groups (broad SMARTS) is 1. The number of piperidine rings is 1. The van der Waals surface area contributed by atoms with E-state index in [0.717, 1.165) is 30.8 Å². The minimum atomic E-state index is -1.07. The fourth-order valence-electron chi connectivity index (χ4n) is 3.48. The molecular formula is C22H26N2O4. The van der Waals surface area contributed by atoms with Gasteiger partial charge in [-0.2, -0.15) is 0 Å². The smallest absolute Gasteiger partial charge is 0.337 e. The normalized spacial score (nSPS) is 16.5. The molecule has 0 spiro atoms. The molecule has 1 heterocycles. The Kier molecular flexibility index (Phi) is 6.19. The highest BCUT2D eigenvalue weighted by molar-refractivity contribution is 6.01. The van der Waals surface area contributed by atoms with Gasteiger partial charge in [0, 0.05) is 18.8 Å². The zero-order chi connectivity index (χ0) is 20.1. The summed E-state index contributed by atoms with van der Waals surface area (Å²) in [5, 5.41) is 12.2. The van der Waals surface area contributed by atoms with Crippen LogP contribution in [-0.4, -0.2) is 36.7 Å². The SMILES string of the molecule is Cc1cccc(OCC(=O)Nc2ccc(N3CCCC(C)C3)cc2C(=O)O)c1. The summed E-state index contributed by atoms with van der Waals surface area (Å²) < 4.78 is 5.48. The quantitative estimate of drug-likeness (QED) is 0.791. The van der Waals surface area contributed by atoms with E-state index in [1.807, 2.05) is 31.2 Å². The van der Waals surface area contributed by atoms with Gasteiger partial charge in [-0.25, -0.2) is 4.79 Å². The van der Waals surface area contributed by atoms with Crippen molar-refractivity contribution in [3.63, 3.8) is 0 Å². The van der Waals surface area contributed by atoms with E-state index in [2.05, 4.69) is 17.1 Å². The molecule has 3 rings (SSSR count). The number of carbonyl (C=O) groups excluding carboxylic acids is 1. The average Bonchev–Trinajstić information content (AvgIpc) is 2.66. The largest absolute Gasteiger partial charge is 0.484 e. The number of anilines is 2. The van der Waals surface area contributed by atoms with Crippen molar-refractivity contribution in [2.24, 2.45) is 5.92 Å². The number of ether oxygens (including phenoxy) is 1. The molecule has 1 aliphatic heterocycles. The Balaban J connectivity index is 1.68. The first kappa shape index (κ1) is 19.7. The van der Waals surface area contributed by atoms with Crippen LogP contribution in [0.3, 0.4) is 0 Å². The summed E-state index contributed by atoms with van der Waals surface area (Å²) in [5.74, 6) is -0.284. The summed E-state index contributed by atoms with van der Waals surface area (Å²) >= 11 is 0. The first-order valence-electron chi connectivity index (χ1n) is 9.54. The highest BCUT2D eigenvalue weighted by Crippen LogP contribution is 2.27. The predicted molar refractivity (Wildman–Crippen MR) is 109 cm³/mol. The summed E-state index contributed by atoms with van der Waals surface area (Å²) in [6.45, 7) is 5.78. The average molecular weight is 382 g/mol. The van der Waals surface area contributed by atoms with Crippen LogP contribution in [0, 0.1) is 12.8 Å². The van der Waals surface area contributed by atoms with E-state index in [0.29, 0.717) is 11.7 Å². The number of nitrogens with zero attached hydrogens (tertiary/aromatic N) is 1. The number of hydrogen-bond donors (Lipinski definition) is 2. The van der Waals surface area contributed by atoms with Crippen molar-refractivity contribution in [1.82, 2.24) is 0 Å². The second kappa shape index (κ2) is 8.78. The Labute approximate surface area is 165 Å². The summed E-state index contributed by atoms with van der Waals surface area (Å²) in [4.78, 5) is 26.2. The Morgan fingerprint density at radius 3 is 2.79 bits per heavy atom. The fraction of sp³-hybridized carbons (Fsp3) is 0.364. The molecule has 6 nitrogen and oxygen atoms in total. The molecule has 0 saturated carbocycles. The van der Waals surface area contributed by atoms with Crippen LogP contribution in [-0.2, 0) is 4.79 Å². The number of rotatable bonds is 6. The molecule has 6 heteroatoms. The van der Waals surface area contributed by atoms with Gasteiger partial charge in [0.25, 0.3) is 5.91 Å². The van der Waals surface area contributed by atoms with Crippen LogP contribution in [0.4, 0.5) is 11.4 Å². The number of hydrogen-bond acceptors (Lipinski definition) is 4. The maximum absolute atomic E-state index is 12.2. The van der Waals surface area contributed by atoms with Gasteiger partial charge in [0.1, 0.15) is 5.75 Å². The van der Waals surface area contributed by atoms with Gasteiger partial charge in [0.05, 0.1) is 11.3 Å². The summed E-state index contributed by atoms with van der Waals surface area (Å²) in [6, 6.07) is 12.6. The van der Waals surface area contributed by atoms with Gasteiger partial charge in [0.15, 0.2) is 6.61 Å². The van der Waals surface area contributed by atoms with Crippen LogP contribution in [0.5, 0.6) is 5.75 Å². The number of aromatic carboxylic acids is 1. The van der Waals surface area contributed by atoms with Gasteiger partial charge < -0.3 is 20.1 Å². The Morgan fingerprint density at radius 2 is 2.07 bits per heavy atom. The molecular weight excluding hydrogens is 356 g/mol. The molecule has 1 amide bonds. The van der Waals surface area contributed by atoms with E-state index in [1.165, 1.54) is 6.42 Å². The lowest BCUT2D eigenvalue weighted by molar-refractivity contribution is -0.118. The number of aryl methyl sites for hydroxylation is 1. The first-order chi connectivity index (χ1) is 13.4. The number of amides is 1. The Morgan fingerprint density at radius 1 is 1.25 bits per heavy atom. The van der Waals surface area contributed by atoms with Crippen molar-refractivity contribution < 1.29 is 19.4 Å². The fourth-order valence-corrected chi connectivity index (χ4v) is 3.48. The lowest BCUT2D eigenvalue weighted by atomic mass is 9.99. The van der Waals surface area contributed by atoms with Gasteiger partial charge in [-0.05, 0) is 61.6 Å². The van der Waals surface area contributed by atoms with E-state index in [9.17, 15) is 14.7 Å². The molecule has 148 valence electrons. The van der Waals surface area contributed by atoms with E-state index in [-0.39, 0.29) is 17.9 Å². The Bertz CT molecular complexity index is 865. The van der Waals surface area contributed by atoms with Crippen LogP contribution in [0.1, 0.15) is 35.7 Å². The van der Waals surface area contributed by atoms with Gasteiger partial charge in [-0.3, -0.25) is 4.79 Å². The third-order valence-electron chi connectivity index (χ3n) is 4.89. The number of carboxylic acids is 1. The zero-order valence-electron chi connectivity index (χ0n) is 16.3. The van der Waals surface area contributed by atoms with E-state index in [1.54, 1.807) is 18.2 Å². The molecule has 28 heavy (non-hydrogen) atoms. The molecule has 1 saturated heterocycles. The lowest BCUT2D eigenvalue weighted by Crippen LogP contribution is -2.34. The highest BCUT2D eigenvalue weighted by atomic mass is 16.5. The second-order valence-corrected chi connectivity index (χ2v) is 7.38. The van der Waals surface area contributed by atoms with Gasteiger partial charge >= 0.3 is 5.97 Å². The summed E-state index contributed by atoms with van der Waals surface area (Å²) in [6.07, 6.45) is 2.29. The number of benzene rings is 2.